The number of aromatic nitrogens is 2. The Morgan fingerprint density at radius 1 is 1.62 bits per heavy atom. The predicted molar refractivity (Wildman–Crippen MR) is 70.5 cm³/mol. The summed E-state index contributed by atoms with van der Waals surface area (Å²) in [5.41, 5.74) is 5.50. The second-order valence-electron chi connectivity index (χ2n) is 3.04. The van der Waals surface area contributed by atoms with Crippen LogP contribution >= 0.6 is 35.5 Å². The van der Waals surface area contributed by atoms with E-state index in [4.69, 9.17) is 5.73 Å². The second kappa shape index (κ2) is 7.83. The summed E-state index contributed by atoms with van der Waals surface area (Å²) in [6.45, 7) is 3.83. The molecule has 92 valence electrons. The van der Waals surface area contributed by atoms with Crippen molar-refractivity contribution in [2.45, 2.75) is 30.6 Å². The van der Waals surface area contributed by atoms with Gasteiger partial charge in [0.1, 0.15) is 0 Å². The third-order valence-corrected chi connectivity index (χ3v) is 3.28. The number of hydrogen-bond donors (Lipinski definition) is 2. The molecule has 8 heteroatoms. The Kier molecular flexibility index (Phi) is 7.65. The van der Waals surface area contributed by atoms with E-state index in [1.165, 1.54) is 11.3 Å². The minimum absolute atomic E-state index is 0. The van der Waals surface area contributed by atoms with Crippen LogP contribution in [0.4, 0.5) is 5.13 Å². The van der Waals surface area contributed by atoms with Crippen molar-refractivity contribution in [2.75, 3.05) is 11.1 Å². The van der Waals surface area contributed by atoms with Crippen molar-refractivity contribution in [2.24, 2.45) is 5.73 Å². The molecule has 1 aromatic rings. The van der Waals surface area contributed by atoms with Crippen molar-refractivity contribution in [3.8, 4) is 0 Å². The highest BCUT2D eigenvalue weighted by atomic mass is 35.5. The molecule has 3 N–H and O–H groups in total. The maximum atomic E-state index is 11.3. The van der Waals surface area contributed by atoms with Crippen LogP contribution in [0.25, 0.3) is 0 Å². The third-order valence-electron chi connectivity index (χ3n) is 1.43. The van der Waals surface area contributed by atoms with E-state index in [-0.39, 0.29) is 24.4 Å². The summed E-state index contributed by atoms with van der Waals surface area (Å²) in [6, 6.07) is -0.137. The lowest BCUT2D eigenvalue weighted by Gasteiger charge is -2.02. The smallest absolute Gasteiger partial charge is 0.227 e. The number of amides is 1. The van der Waals surface area contributed by atoms with Gasteiger partial charge in [-0.3, -0.25) is 4.79 Å². The molecule has 0 aromatic carbocycles. The number of hydrogen-bond acceptors (Lipinski definition) is 6. The Bertz CT molecular complexity index is 332. The molecule has 1 heterocycles. The van der Waals surface area contributed by atoms with Crippen LogP contribution < -0.4 is 11.1 Å². The summed E-state index contributed by atoms with van der Waals surface area (Å²) < 4.78 is 0.869. The molecule has 0 fully saturated rings. The Balaban J connectivity index is 0.00000225. The molecule has 0 bridgehead atoms. The first-order chi connectivity index (χ1) is 7.11. The summed E-state index contributed by atoms with van der Waals surface area (Å²) in [6.07, 6.45) is 0.301. The van der Waals surface area contributed by atoms with Crippen LogP contribution in [0, 0.1) is 0 Å². The molecule has 0 radical (unpaired) electrons. The van der Waals surface area contributed by atoms with Gasteiger partial charge in [0.25, 0.3) is 0 Å². The van der Waals surface area contributed by atoms with Crippen LogP contribution in [-0.2, 0) is 4.79 Å². The van der Waals surface area contributed by atoms with Crippen LogP contribution in [0.15, 0.2) is 4.34 Å². The molecule has 5 nitrogen and oxygen atoms in total. The molecule has 1 atom stereocenters. The first-order valence-corrected chi connectivity index (χ1v) is 6.43. The molecule has 0 aliphatic carbocycles. The van der Waals surface area contributed by atoms with E-state index < -0.39 is 0 Å². The first-order valence-electron chi connectivity index (χ1n) is 4.63. The van der Waals surface area contributed by atoms with Crippen molar-refractivity contribution in [1.82, 2.24) is 10.2 Å². The number of nitrogens with one attached hydrogen (secondary N) is 1. The molecule has 0 saturated carbocycles. The van der Waals surface area contributed by atoms with Crippen LogP contribution in [0.3, 0.4) is 0 Å². The Labute approximate surface area is 109 Å². The Morgan fingerprint density at radius 2 is 2.31 bits per heavy atom. The molecule has 0 spiro atoms. The highest BCUT2D eigenvalue weighted by Crippen LogP contribution is 2.24. The highest BCUT2D eigenvalue weighted by molar-refractivity contribution is 8.01. The maximum Gasteiger partial charge on any atom is 0.227 e. The largest absolute Gasteiger partial charge is 0.327 e. The second-order valence-corrected chi connectivity index (χ2v) is 5.52. The molecule has 0 aliphatic heterocycles. The van der Waals surface area contributed by atoms with E-state index in [0.717, 1.165) is 10.1 Å². The summed E-state index contributed by atoms with van der Waals surface area (Å²) in [5.74, 6) is 0.830. The summed E-state index contributed by atoms with van der Waals surface area (Å²) in [7, 11) is 0. The minimum Gasteiger partial charge on any atom is -0.327 e. The van der Waals surface area contributed by atoms with Crippen LogP contribution in [0.5, 0.6) is 0 Å². The lowest BCUT2D eigenvalue weighted by molar-refractivity contribution is -0.116. The lowest BCUT2D eigenvalue weighted by Crippen LogP contribution is -2.23. The van der Waals surface area contributed by atoms with Gasteiger partial charge >= 0.3 is 0 Å². The number of carbonyl (C=O) groups is 1. The van der Waals surface area contributed by atoms with Crippen LogP contribution in [0.1, 0.15) is 20.3 Å². The standard InChI is InChI=1S/C8H14N4OS2.ClH/c1-3-14-8-12-11-7(15-8)10-6(13)4-5(2)9;/h5H,3-4,9H2,1-2H3,(H,10,11,13);1H. The number of thioether (sulfide) groups is 1. The zero-order chi connectivity index (χ0) is 11.3. The average molecular weight is 283 g/mol. The van der Waals surface area contributed by atoms with Gasteiger partial charge in [-0.25, -0.2) is 0 Å². The monoisotopic (exact) mass is 282 g/mol. The summed E-state index contributed by atoms with van der Waals surface area (Å²) >= 11 is 2.99. The predicted octanol–water partition coefficient (Wildman–Crippen LogP) is 1.75. The fourth-order valence-corrected chi connectivity index (χ4v) is 2.57. The number of rotatable bonds is 5. The normalized spacial score (nSPS) is 11.7. The molecule has 1 unspecified atom stereocenters. The van der Waals surface area contributed by atoms with Gasteiger partial charge in [0.15, 0.2) is 4.34 Å². The minimum atomic E-state index is -0.137. The van der Waals surface area contributed by atoms with Gasteiger partial charge in [0, 0.05) is 12.5 Å². The quantitative estimate of drug-likeness (QED) is 0.635. The Hall–Kier alpha value is -0.370. The van der Waals surface area contributed by atoms with E-state index in [0.29, 0.717) is 11.6 Å². The molecule has 1 amide bonds. The van der Waals surface area contributed by atoms with Gasteiger partial charge in [0.2, 0.25) is 11.0 Å². The van der Waals surface area contributed by atoms with Gasteiger partial charge in [-0.05, 0) is 12.7 Å². The van der Waals surface area contributed by atoms with Gasteiger partial charge in [0.05, 0.1) is 0 Å². The molecule has 1 aromatic heterocycles. The summed E-state index contributed by atoms with van der Waals surface area (Å²) in [5, 5.41) is 11.0. The van der Waals surface area contributed by atoms with Crippen molar-refractivity contribution in [1.29, 1.82) is 0 Å². The van der Waals surface area contributed by atoms with E-state index >= 15 is 0 Å². The SMILES string of the molecule is CCSc1nnc(NC(=O)CC(C)N)s1.Cl. The Morgan fingerprint density at radius 3 is 2.88 bits per heavy atom. The maximum absolute atomic E-state index is 11.3. The number of halogens is 1. The third kappa shape index (κ3) is 5.64. The zero-order valence-corrected chi connectivity index (χ0v) is 11.5. The molecule has 0 saturated heterocycles. The highest BCUT2D eigenvalue weighted by Gasteiger charge is 2.09. The summed E-state index contributed by atoms with van der Waals surface area (Å²) in [4.78, 5) is 11.3. The number of nitrogens with zero attached hydrogens (tertiary/aromatic N) is 2. The van der Waals surface area contributed by atoms with E-state index in [1.54, 1.807) is 18.7 Å². The van der Waals surface area contributed by atoms with Crippen LogP contribution in [-0.4, -0.2) is 27.9 Å². The molecule has 0 aliphatic rings. The molecule has 16 heavy (non-hydrogen) atoms. The van der Waals surface area contributed by atoms with Crippen molar-refractivity contribution < 1.29 is 4.79 Å². The zero-order valence-electron chi connectivity index (χ0n) is 9.10. The van der Waals surface area contributed by atoms with Crippen molar-refractivity contribution >= 4 is 46.5 Å². The van der Waals surface area contributed by atoms with Crippen LogP contribution in [0.2, 0.25) is 0 Å². The number of nitrogens with two attached hydrogens (primary N) is 1. The topological polar surface area (TPSA) is 80.9 Å². The average Bonchev–Trinajstić information content (AvgIpc) is 2.51. The number of carbonyl (C=O) groups excluding carboxylic acids is 1. The fraction of sp³-hybridized carbons (Fsp3) is 0.625. The van der Waals surface area contributed by atoms with E-state index in [1.807, 2.05) is 6.92 Å². The van der Waals surface area contributed by atoms with Gasteiger partial charge < -0.3 is 11.1 Å². The van der Waals surface area contributed by atoms with Crippen molar-refractivity contribution in [3.63, 3.8) is 0 Å². The lowest BCUT2D eigenvalue weighted by atomic mass is 10.2. The number of anilines is 1. The van der Waals surface area contributed by atoms with Gasteiger partial charge in [-0.15, -0.1) is 22.6 Å². The van der Waals surface area contributed by atoms with Gasteiger partial charge in [-0.2, -0.15) is 0 Å². The molecular formula is C8H15ClN4OS2. The molecular weight excluding hydrogens is 268 g/mol. The fourth-order valence-electron chi connectivity index (χ4n) is 0.905. The first kappa shape index (κ1) is 15.6. The van der Waals surface area contributed by atoms with Gasteiger partial charge in [-0.1, -0.05) is 30.0 Å². The molecule has 1 rings (SSSR count). The van der Waals surface area contributed by atoms with E-state index in [9.17, 15) is 4.79 Å². The van der Waals surface area contributed by atoms with Crippen molar-refractivity contribution in [3.05, 3.63) is 0 Å². The van der Waals surface area contributed by atoms with E-state index in [2.05, 4.69) is 15.5 Å².